The number of piperidine rings is 1. The molecule has 5 rings (SSSR count). The topological polar surface area (TPSA) is 61.4 Å². The number of amides is 2. The molecule has 2 N–H and O–H groups in total. The zero-order chi connectivity index (χ0) is 20.7. The highest BCUT2D eigenvalue weighted by Crippen LogP contribution is 2.33. The molecule has 2 saturated carbocycles. The molecule has 2 amide bonds. The van der Waals surface area contributed by atoms with Crippen LogP contribution in [0, 0.1) is 5.92 Å². The van der Waals surface area contributed by atoms with Gasteiger partial charge in [0.2, 0.25) is 5.91 Å². The molecule has 1 saturated heterocycles. The van der Waals surface area contributed by atoms with Crippen molar-refractivity contribution in [2.75, 3.05) is 0 Å². The molecule has 2 heterocycles. The van der Waals surface area contributed by atoms with Crippen LogP contribution in [0.15, 0.2) is 30.5 Å². The number of hydrogen-bond acceptors (Lipinski definition) is 3. The third-order valence-electron chi connectivity index (χ3n) is 7.66. The summed E-state index contributed by atoms with van der Waals surface area (Å²) in [5.74, 6) is 0.576. The monoisotopic (exact) mass is 407 g/mol. The number of benzene rings is 1. The molecule has 2 aliphatic heterocycles. The maximum atomic E-state index is 13.0. The number of carbonyl (C=O) groups is 2. The molecule has 5 heteroatoms. The Morgan fingerprint density at radius 1 is 1.07 bits per heavy atom. The highest BCUT2D eigenvalue weighted by Gasteiger charge is 2.38. The molecule has 1 unspecified atom stereocenters. The number of rotatable bonds is 5. The third kappa shape index (κ3) is 3.80. The van der Waals surface area contributed by atoms with Crippen molar-refractivity contribution in [1.29, 1.82) is 0 Å². The highest BCUT2D eigenvalue weighted by atomic mass is 16.2. The average Bonchev–Trinajstić information content (AvgIpc) is 3.02. The SMILES string of the molecule is C=C1CCC(N2Cc3cc(C[C@H]4CCCC[C@@H]4NC4CCC4)ccc3C2=O)C(=O)N1. The smallest absolute Gasteiger partial charge is 0.255 e. The van der Waals surface area contributed by atoms with Gasteiger partial charge in [-0.2, -0.15) is 0 Å². The molecule has 30 heavy (non-hydrogen) atoms. The molecule has 3 atom stereocenters. The number of allylic oxidation sites excluding steroid dienone is 1. The number of nitrogens with one attached hydrogen (secondary N) is 2. The van der Waals surface area contributed by atoms with Gasteiger partial charge < -0.3 is 15.5 Å². The van der Waals surface area contributed by atoms with E-state index in [0.29, 0.717) is 24.9 Å². The van der Waals surface area contributed by atoms with E-state index in [2.05, 4.69) is 29.3 Å². The predicted octanol–water partition coefficient (Wildman–Crippen LogP) is 3.68. The van der Waals surface area contributed by atoms with Crippen LogP contribution in [0.4, 0.5) is 0 Å². The van der Waals surface area contributed by atoms with Crippen LogP contribution >= 0.6 is 0 Å². The van der Waals surface area contributed by atoms with Gasteiger partial charge in [0, 0.05) is 29.9 Å². The van der Waals surface area contributed by atoms with Crippen LogP contribution in [0.1, 0.15) is 79.3 Å². The quantitative estimate of drug-likeness (QED) is 0.783. The van der Waals surface area contributed by atoms with E-state index >= 15 is 0 Å². The summed E-state index contributed by atoms with van der Waals surface area (Å²) in [6.45, 7) is 4.39. The van der Waals surface area contributed by atoms with Crippen LogP contribution in [-0.2, 0) is 17.8 Å². The van der Waals surface area contributed by atoms with E-state index in [1.54, 1.807) is 4.90 Å². The van der Waals surface area contributed by atoms with Gasteiger partial charge in [0.1, 0.15) is 6.04 Å². The number of nitrogens with zero attached hydrogens (tertiary/aromatic N) is 1. The van der Waals surface area contributed by atoms with Crippen LogP contribution in [0.3, 0.4) is 0 Å². The molecular formula is C25H33N3O2. The Bertz CT molecular complexity index is 860. The number of carbonyl (C=O) groups excluding carboxylic acids is 2. The van der Waals surface area contributed by atoms with Gasteiger partial charge in [-0.15, -0.1) is 0 Å². The molecular weight excluding hydrogens is 374 g/mol. The molecule has 5 nitrogen and oxygen atoms in total. The second kappa shape index (κ2) is 8.18. The highest BCUT2D eigenvalue weighted by molar-refractivity contribution is 6.01. The molecule has 0 aromatic heterocycles. The minimum atomic E-state index is -0.381. The lowest BCUT2D eigenvalue weighted by Gasteiger charge is -2.38. The first-order chi connectivity index (χ1) is 14.6. The second-order valence-electron chi connectivity index (χ2n) is 9.72. The number of fused-ring (bicyclic) bond motifs is 1. The minimum Gasteiger partial charge on any atom is -0.329 e. The normalized spacial score (nSPS) is 29.5. The fourth-order valence-electron chi connectivity index (χ4n) is 5.69. The Balaban J connectivity index is 1.28. The molecule has 0 bridgehead atoms. The van der Waals surface area contributed by atoms with Crippen molar-refractivity contribution in [3.05, 3.63) is 47.2 Å². The van der Waals surface area contributed by atoms with E-state index in [9.17, 15) is 9.59 Å². The zero-order valence-corrected chi connectivity index (χ0v) is 17.8. The van der Waals surface area contributed by atoms with Crippen LogP contribution in [-0.4, -0.2) is 34.8 Å². The third-order valence-corrected chi connectivity index (χ3v) is 7.66. The first kappa shape index (κ1) is 19.8. The summed E-state index contributed by atoms with van der Waals surface area (Å²) < 4.78 is 0. The van der Waals surface area contributed by atoms with Crippen molar-refractivity contribution in [2.45, 2.75) is 88.9 Å². The van der Waals surface area contributed by atoms with Crippen LogP contribution in [0.25, 0.3) is 0 Å². The summed E-state index contributed by atoms with van der Waals surface area (Å²) >= 11 is 0. The van der Waals surface area contributed by atoms with Gasteiger partial charge in [0.05, 0.1) is 0 Å². The van der Waals surface area contributed by atoms with Gasteiger partial charge in [-0.1, -0.05) is 38.0 Å². The Labute approximate surface area is 179 Å². The van der Waals surface area contributed by atoms with E-state index < -0.39 is 0 Å². The van der Waals surface area contributed by atoms with Crippen LogP contribution in [0.2, 0.25) is 0 Å². The zero-order valence-electron chi connectivity index (χ0n) is 17.8. The Hall–Kier alpha value is -2.14. The molecule has 0 radical (unpaired) electrons. The first-order valence-corrected chi connectivity index (χ1v) is 11.8. The van der Waals surface area contributed by atoms with Gasteiger partial charge >= 0.3 is 0 Å². The van der Waals surface area contributed by atoms with Crippen molar-refractivity contribution in [1.82, 2.24) is 15.5 Å². The predicted molar refractivity (Wildman–Crippen MR) is 117 cm³/mol. The van der Waals surface area contributed by atoms with E-state index in [4.69, 9.17) is 0 Å². The second-order valence-corrected chi connectivity index (χ2v) is 9.72. The van der Waals surface area contributed by atoms with Gasteiger partial charge in [-0.25, -0.2) is 0 Å². The summed E-state index contributed by atoms with van der Waals surface area (Å²) in [5.41, 5.74) is 3.93. The van der Waals surface area contributed by atoms with Crippen LogP contribution < -0.4 is 10.6 Å². The van der Waals surface area contributed by atoms with Gasteiger partial charge in [0.15, 0.2) is 0 Å². The minimum absolute atomic E-state index is 0.00796. The standard InChI is InChI=1S/C25H33N3O2/c1-16-9-12-23(24(29)26-16)28-15-19-14-17(10-11-21(19)25(28)30)13-18-5-2-3-8-22(18)27-20-6-4-7-20/h10-11,14,18,20,22-23,27H,1-9,12-13,15H2,(H,26,29)/t18-,22+,23?/m1/s1. The molecule has 160 valence electrons. The summed E-state index contributed by atoms with van der Waals surface area (Å²) in [5, 5.41) is 6.74. The molecule has 1 aromatic carbocycles. The molecule has 3 fully saturated rings. The number of hydrogen-bond donors (Lipinski definition) is 2. The summed E-state index contributed by atoms with van der Waals surface area (Å²) in [6, 6.07) is 7.34. The van der Waals surface area contributed by atoms with Gasteiger partial charge in [-0.3, -0.25) is 9.59 Å². The fourth-order valence-corrected chi connectivity index (χ4v) is 5.69. The lowest BCUT2D eigenvalue weighted by Crippen LogP contribution is -2.49. The van der Waals surface area contributed by atoms with Crippen molar-refractivity contribution >= 4 is 11.8 Å². The molecule has 1 aromatic rings. The van der Waals surface area contributed by atoms with Crippen molar-refractivity contribution < 1.29 is 9.59 Å². The van der Waals surface area contributed by atoms with E-state index in [1.807, 2.05) is 6.07 Å². The maximum absolute atomic E-state index is 13.0. The van der Waals surface area contributed by atoms with Gasteiger partial charge in [-0.05, 0) is 68.1 Å². The van der Waals surface area contributed by atoms with E-state index in [0.717, 1.165) is 35.7 Å². The average molecular weight is 408 g/mol. The van der Waals surface area contributed by atoms with E-state index in [1.165, 1.54) is 50.5 Å². The largest absolute Gasteiger partial charge is 0.329 e. The fraction of sp³-hybridized carbons (Fsp3) is 0.600. The Morgan fingerprint density at radius 2 is 1.90 bits per heavy atom. The van der Waals surface area contributed by atoms with Crippen molar-refractivity contribution in [3.8, 4) is 0 Å². The summed E-state index contributed by atoms with van der Waals surface area (Å²) in [6.07, 6.45) is 11.8. The van der Waals surface area contributed by atoms with Crippen LogP contribution in [0.5, 0.6) is 0 Å². The molecule has 4 aliphatic rings. The Kier molecular flexibility index (Phi) is 5.40. The van der Waals surface area contributed by atoms with Crippen molar-refractivity contribution in [2.24, 2.45) is 5.92 Å². The maximum Gasteiger partial charge on any atom is 0.255 e. The Morgan fingerprint density at radius 3 is 2.67 bits per heavy atom. The lowest BCUT2D eigenvalue weighted by atomic mass is 9.79. The van der Waals surface area contributed by atoms with Gasteiger partial charge in [0.25, 0.3) is 5.91 Å². The lowest BCUT2D eigenvalue weighted by molar-refractivity contribution is -0.126. The molecule has 0 spiro atoms. The summed E-state index contributed by atoms with van der Waals surface area (Å²) in [7, 11) is 0. The first-order valence-electron chi connectivity index (χ1n) is 11.8. The van der Waals surface area contributed by atoms with E-state index in [-0.39, 0.29) is 17.9 Å². The van der Waals surface area contributed by atoms with Crippen molar-refractivity contribution in [3.63, 3.8) is 0 Å². The molecule has 2 aliphatic carbocycles. The summed E-state index contributed by atoms with van der Waals surface area (Å²) in [4.78, 5) is 27.1.